The van der Waals surface area contributed by atoms with Crippen LogP contribution in [0, 0.1) is 11.8 Å². The normalized spacial score (nSPS) is 19.1. The van der Waals surface area contributed by atoms with Crippen LogP contribution in [0.2, 0.25) is 0 Å². The smallest absolute Gasteiger partial charge is 0.449 e. The van der Waals surface area contributed by atoms with Gasteiger partial charge in [0.05, 0.1) is 17.4 Å². The molecule has 1 aromatic carbocycles. The van der Waals surface area contributed by atoms with Crippen LogP contribution >= 0.6 is 0 Å². The van der Waals surface area contributed by atoms with Gasteiger partial charge in [0.25, 0.3) is 0 Å². The van der Waals surface area contributed by atoms with Gasteiger partial charge in [-0.05, 0) is 69.7 Å². The van der Waals surface area contributed by atoms with Crippen LogP contribution in [-0.2, 0) is 11.0 Å². The number of amides is 1. The molecule has 2 aromatic rings. The molecule has 174 valence electrons. The number of carbonyl (C=O) groups is 2. The Labute approximate surface area is 183 Å². The van der Waals surface area contributed by atoms with E-state index in [1.807, 2.05) is 0 Å². The van der Waals surface area contributed by atoms with Crippen molar-refractivity contribution in [3.05, 3.63) is 36.0 Å². The zero-order valence-electron chi connectivity index (χ0n) is 18.1. The van der Waals surface area contributed by atoms with Crippen molar-refractivity contribution in [3.8, 4) is 11.4 Å². The van der Waals surface area contributed by atoms with Crippen molar-refractivity contribution in [1.29, 1.82) is 0 Å². The van der Waals surface area contributed by atoms with Crippen molar-refractivity contribution in [3.63, 3.8) is 0 Å². The number of aromatic nitrogens is 2. The molecule has 0 unspecified atom stereocenters. The standard InChI is InChI=1S/C22H26F3N3O4/c1-13(2)28(20(29)15-6-4-14(3)5-7-15)19-18(32-21(30)31)12-27(26-19)17-10-8-16(9-11-17)22(23,24)25/h8-15H,4-7H2,1-3H3,(H,30,31)/t14-,15-. The second kappa shape index (κ2) is 9.22. The average Bonchev–Trinajstić information content (AvgIpc) is 3.10. The highest BCUT2D eigenvalue weighted by molar-refractivity contribution is 5.96. The maximum Gasteiger partial charge on any atom is 0.511 e. The molecule has 1 amide bonds. The molecule has 0 aliphatic heterocycles. The van der Waals surface area contributed by atoms with E-state index in [2.05, 4.69) is 12.0 Å². The molecule has 10 heteroatoms. The molecule has 7 nitrogen and oxygen atoms in total. The van der Waals surface area contributed by atoms with Gasteiger partial charge in [0, 0.05) is 12.0 Å². The van der Waals surface area contributed by atoms with E-state index in [0.29, 0.717) is 5.92 Å². The van der Waals surface area contributed by atoms with Crippen LogP contribution in [0.4, 0.5) is 23.8 Å². The van der Waals surface area contributed by atoms with Crippen molar-refractivity contribution in [2.75, 3.05) is 4.90 Å². The molecule has 0 saturated heterocycles. The maximum atomic E-state index is 13.3. The summed E-state index contributed by atoms with van der Waals surface area (Å²) in [6.45, 7) is 5.71. The molecule has 1 heterocycles. The third-order valence-electron chi connectivity index (χ3n) is 5.67. The van der Waals surface area contributed by atoms with Crippen molar-refractivity contribution in [2.45, 2.75) is 58.7 Å². The zero-order chi connectivity index (χ0) is 23.6. The van der Waals surface area contributed by atoms with E-state index in [1.165, 1.54) is 27.9 Å². The van der Waals surface area contributed by atoms with Crippen molar-refractivity contribution >= 4 is 17.9 Å². The zero-order valence-corrected chi connectivity index (χ0v) is 18.1. The first kappa shape index (κ1) is 23.6. The van der Waals surface area contributed by atoms with Gasteiger partial charge in [-0.25, -0.2) is 9.48 Å². The Morgan fingerprint density at radius 3 is 2.25 bits per heavy atom. The van der Waals surface area contributed by atoms with Gasteiger partial charge in [0.2, 0.25) is 11.7 Å². The minimum atomic E-state index is -4.48. The SMILES string of the molecule is CC(C)N(c1nn(-c2ccc(C(F)(F)F)cc2)cc1OC(=O)O)C(=O)[C@H]1CC[C@H](C)CC1. The lowest BCUT2D eigenvalue weighted by atomic mass is 9.82. The summed E-state index contributed by atoms with van der Waals surface area (Å²) in [5, 5.41) is 13.5. The number of rotatable bonds is 5. The van der Waals surface area contributed by atoms with Crippen LogP contribution in [-0.4, -0.2) is 33.0 Å². The summed E-state index contributed by atoms with van der Waals surface area (Å²) in [5.74, 6) is 0.0354. The monoisotopic (exact) mass is 453 g/mol. The fraction of sp³-hybridized carbons (Fsp3) is 0.500. The van der Waals surface area contributed by atoms with E-state index in [-0.39, 0.29) is 35.1 Å². The Hall–Kier alpha value is -3.04. The van der Waals surface area contributed by atoms with Crippen molar-refractivity contribution in [1.82, 2.24) is 9.78 Å². The lowest BCUT2D eigenvalue weighted by Crippen LogP contribution is -2.42. The van der Waals surface area contributed by atoms with Gasteiger partial charge >= 0.3 is 12.3 Å². The van der Waals surface area contributed by atoms with E-state index >= 15 is 0 Å². The molecule has 0 radical (unpaired) electrons. The molecular weight excluding hydrogens is 427 g/mol. The number of carbonyl (C=O) groups excluding carboxylic acids is 1. The Balaban J connectivity index is 1.98. The molecule has 1 aliphatic carbocycles. The van der Waals surface area contributed by atoms with Crippen LogP contribution in [0.25, 0.3) is 5.69 Å². The highest BCUT2D eigenvalue weighted by Gasteiger charge is 2.34. The molecule has 3 rings (SSSR count). The number of hydrogen-bond acceptors (Lipinski definition) is 4. The summed E-state index contributed by atoms with van der Waals surface area (Å²) in [7, 11) is 0. The van der Waals surface area contributed by atoms with Gasteiger partial charge in [-0.3, -0.25) is 9.69 Å². The molecule has 1 saturated carbocycles. The number of hydrogen-bond donors (Lipinski definition) is 1. The maximum absolute atomic E-state index is 13.3. The molecule has 0 bridgehead atoms. The lowest BCUT2D eigenvalue weighted by molar-refractivity contribution is -0.137. The third kappa shape index (κ3) is 5.23. The summed E-state index contributed by atoms with van der Waals surface area (Å²) in [4.78, 5) is 26.0. The second-order valence-corrected chi connectivity index (χ2v) is 8.43. The number of benzene rings is 1. The van der Waals surface area contributed by atoms with E-state index < -0.39 is 17.9 Å². The Morgan fingerprint density at radius 1 is 1.16 bits per heavy atom. The molecule has 1 aliphatic rings. The molecule has 0 atom stereocenters. The van der Waals surface area contributed by atoms with Gasteiger partial charge in [-0.15, -0.1) is 5.10 Å². The van der Waals surface area contributed by atoms with Gasteiger partial charge in [0.1, 0.15) is 0 Å². The number of alkyl halides is 3. The minimum Gasteiger partial charge on any atom is -0.449 e. The van der Waals surface area contributed by atoms with Crippen LogP contribution in [0.3, 0.4) is 0 Å². The van der Waals surface area contributed by atoms with Gasteiger partial charge in [0.15, 0.2) is 5.75 Å². The predicted molar refractivity (Wildman–Crippen MR) is 111 cm³/mol. The van der Waals surface area contributed by atoms with Gasteiger partial charge in [-0.2, -0.15) is 13.2 Å². The molecule has 1 fully saturated rings. The summed E-state index contributed by atoms with van der Waals surface area (Å²) in [6, 6.07) is 3.91. The molecular formula is C22H26F3N3O4. The third-order valence-corrected chi connectivity index (χ3v) is 5.67. The largest absolute Gasteiger partial charge is 0.511 e. The van der Waals surface area contributed by atoms with Crippen molar-refractivity contribution in [2.24, 2.45) is 11.8 Å². The summed E-state index contributed by atoms with van der Waals surface area (Å²) in [5.41, 5.74) is -0.553. The van der Waals surface area contributed by atoms with Crippen LogP contribution in [0.15, 0.2) is 30.5 Å². The number of halogens is 3. The predicted octanol–water partition coefficient (Wildman–Crippen LogP) is 5.52. The lowest BCUT2D eigenvalue weighted by Gasteiger charge is -2.32. The molecule has 0 spiro atoms. The average molecular weight is 453 g/mol. The topological polar surface area (TPSA) is 84.7 Å². The van der Waals surface area contributed by atoms with E-state index in [0.717, 1.165) is 37.8 Å². The fourth-order valence-corrected chi connectivity index (χ4v) is 3.92. The number of nitrogens with zero attached hydrogens (tertiary/aromatic N) is 3. The van der Waals surface area contributed by atoms with E-state index in [4.69, 9.17) is 9.84 Å². The number of anilines is 1. The minimum absolute atomic E-state index is 0.0194. The fourth-order valence-electron chi connectivity index (χ4n) is 3.92. The molecule has 1 aromatic heterocycles. The Kier molecular flexibility index (Phi) is 6.80. The summed E-state index contributed by atoms with van der Waals surface area (Å²) in [6.07, 6.45) is -1.49. The summed E-state index contributed by atoms with van der Waals surface area (Å²) >= 11 is 0. The first-order valence-electron chi connectivity index (χ1n) is 10.5. The van der Waals surface area contributed by atoms with Crippen LogP contribution in [0.5, 0.6) is 5.75 Å². The summed E-state index contributed by atoms with van der Waals surface area (Å²) < 4.78 is 44.7. The van der Waals surface area contributed by atoms with Crippen LogP contribution in [0.1, 0.15) is 52.0 Å². The van der Waals surface area contributed by atoms with Crippen molar-refractivity contribution < 1.29 is 32.6 Å². The van der Waals surface area contributed by atoms with Gasteiger partial charge < -0.3 is 9.84 Å². The Bertz CT molecular complexity index is 962. The second-order valence-electron chi connectivity index (χ2n) is 8.43. The van der Waals surface area contributed by atoms with Gasteiger partial charge in [-0.1, -0.05) is 6.92 Å². The molecule has 1 N–H and O–H groups in total. The quantitative estimate of drug-likeness (QED) is 0.603. The Morgan fingerprint density at radius 2 is 1.75 bits per heavy atom. The number of ether oxygens (including phenoxy) is 1. The van der Waals surface area contributed by atoms with Crippen LogP contribution < -0.4 is 9.64 Å². The first-order chi connectivity index (χ1) is 15.0. The molecule has 32 heavy (non-hydrogen) atoms. The highest BCUT2D eigenvalue weighted by Crippen LogP contribution is 2.36. The number of carboxylic acid groups (broad SMARTS) is 1. The highest BCUT2D eigenvalue weighted by atomic mass is 19.4. The van der Waals surface area contributed by atoms with E-state index in [1.54, 1.807) is 13.8 Å². The first-order valence-corrected chi connectivity index (χ1v) is 10.5. The van der Waals surface area contributed by atoms with E-state index in [9.17, 15) is 22.8 Å².